The lowest BCUT2D eigenvalue weighted by atomic mass is 9.79. The Bertz CT molecular complexity index is 3120. The maximum absolute atomic E-state index is 2.55. The van der Waals surface area contributed by atoms with Gasteiger partial charge in [-0.25, -0.2) is 0 Å². The zero-order valence-electron chi connectivity index (χ0n) is 35.2. The first-order valence-electron chi connectivity index (χ1n) is 21.5. The van der Waals surface area contributed by atoms with Crippen LogP contribution in [0.3, 0.4) is 0 Å². The van der Waals surface area contributed by atoms with Crippen molar-refractivity contribution in [3.63, 3.8) is 0 Å². The van der Waals surface area contributed by atoms with Crippen LogP contribution in [0.4, 0.5) is 17.1 Å². The quantitative estimate of drug-likeness (QED) is 0.156. The highest BCUT2D eigenvalue weighted by atomic mass is 15.1. The van der Waals surface area contributed by atoms with Gasteiger partial charge < -0.3 is 4.90 Å². The summed E-state index contributed by atoms with van der Waals surface area (Å²) in [7, 11) is 0. The first kappa shape index (κ1) is 36.8. The molecule has 1 nitrogen and oxygen atoms in total. The molecule has 11 rings (SSSR count). The smallest absolute Gasteiger partial charge is 0.0546 e. The van der Waals surface area contributed by atoms with Crippen molar-refractivity contribution in [3.05, 3.63) is 235 Å². The van der Waals surface area contributed by atoms with Crippen LogP contribution < -0.4 is 4.90 Å². The van der Waals surface area contributed by atoms with Gasteiger partial charge in [0, 0.05) is 22.1 Å². The number of rotatable bonds is 7. The van der Waals surface area contributed by atoms with Gasteiger partial charge in [-0.1, -0.05) is 216 Å². The van der Waals surface area contributed by atoms with Crippen molar-refractivity contribution < 1.29 is 0 Å². The molecule has 2 aliphatic rings. The third-order valence-electron chi connectivity index (χ3n) is 13.5. The lowest BCUT2D eigenvalue weighted by molar-refractivity contribution is 0.661. The van der Waals surface area contributed by atoms with E-state index in [-0.39, 0.29) is 10.8 Å². The molecule has 0 fully saturated rings. The molecule has 0 aliphatic heterocycles. The monoisotopic (exact) mass is 781 g/mol. The molecule has 9 aromatic carbocycles. The van der Waals surface area contributed by atoms with Gasteiger partial charge in [0.15, 0.2) is 0 Å². The van der Waals surface area contributed by atoms with Crippen molar-refractivity contribution in [1.82, 2.24) is 0 Å². The molecule has 0 amide bonds. The normalized spacial score (nSPS) is 13.8. The molecule has 0 radical (unpaired) electrons. The summed E-state index contributed by atoms with van der Waals surface area (Å²) in [4.78, 5) is 2.55. The number of fused-ring (bicyclic) bond motifs is 6. The highest BCUT2D eigenvalue weighted by Crippen LogP contribution is 2.57. The van der Waals surface area contributed by atoms with Crippen molar-refractivity contribution in [1.29, 1.82) is 0 Å². The lowest BCUT2D eigenvalue weighted by Crippen LogP contribution is -2.21. The Morgan fingerprint density at radius 2 is 0.689 bits per heavy atom. The fourth-order valence-electron chi connectivity index (χ4n) is 10.7. The fourth-order valence-corrected chi connectivity index (χ4v) is 10.7. The molecule has 0 aromatic heterocycles. The summed E-state index contributed by atoms with van der Waals surface area (Å²) in [6.45, 7) is 9.54. The highest BCUT2D eigenvalue weighted by molar-refractivity contribution is 6.02. The minimum Gasteiger partial charge on any atom is -0.310 e. The number of nitrogens with zero attached hydrogens (tertiary/aromatic N) is 1. The van der Waals surface area contributed by atoms with Crippen LogP contribution in [-0.4, -0.2) is 0 Å². The van der Waals surface area contributed by atoms with E-state index < -0.39 is 0 Å². The summed E-state index contributed by atoms with van der Waals surface area (Å²) in [6, 6.07) is 78.5. The molecular formula is C60H47N. The van der Waals surface area contributed by atoms with E-state index >= 15 is 0 Å². The van der Waals surface area contributed by atoms with Gasteiger partial charge in [-0.05, 0) is 108 Å². The number of hydrogen-bond acceptors (Lipinski definition) is 1. The Kier molecular flexibility index (Phi) is 8.58. The van der Waals surface area contributed by atoms with E-state index in [4.69, 9.17) is 0 Å². The van der Waals surface area contributed by atoms with E-state index in [1.165, 1.54) is 94.7 Å². The second-order valence-electron chi connectivity index (χ2n) is 17.6. The lowest BCUT2D eigenvalue weighted by Gasteiger charge is -2.34. The van der Waals surface area contributed by atoms with Crippen LogP contribution in [0, 0.1) is 0 Å². The third-order valence-corrected chi connectivity index (χ3v) is 13.5. The van der Waals surface area contributed by atoms with E-state index in [1.54, 1.807) is 0 Å². The molecular weight excluding hydrogens is 735 g/mol. The van der Waals surface area contributed by atoms with Crippen LogP contribution in [0.15, 0.2) is 212 Å². The van der Waals surface area contributed by atoms with Crippen LogP contribution in [0.2, 0.25) is 0 Å². The number of benzene rings is 9. The molecule has 0 bridgehead atoms. The Morgan fingerprint density at radius 1 is 0.279 bits per heavy atom. The van der Waals surface area contributed by atoms with E-state index in [1.807, 2.05) is 0 Å². The second kappa shape index (κ2) is 14.2. The standard InChI is InChI=1S/C60H47N/c1-59(2)52-32-15-13-25-47(52)50-30-17-29-46(57(50)59)42-36-38-43(39-37-42)61(55-35-19-31-51-48-26-14-16-33-53(48)60(3,4)58(51)55)54-34-18-28-45(41-22-9-6-10-23-41)56(54)49-27-12-11-24-44(49)40-20-7-5-8-21-40/h5-39H,1-4H3. The molecule has 0 spiro atoms. The van der Waals surface area contributed by atoms with Gasteiger partial charge in [0.1, 0.15) is 0 Å². The predicted octanol–water partition coefficient (Wildman–Crippen LogP) is 16.4. The van der Waals surface area contributed by atoms with Crippen molar-refractivity contribution >= 4 is 17.1 Å². The average Bonchev–Trinajstić information content (AvgIpc) is 3.70. The molecule has 0 atom stereocenters. The first-order valence-corrected chi connectivity index (χ1v) is 21.5. The number of anilines is 3. The minimum absolute atomic E-state index is 0.114. The number of hydrogen-bond donors (Lipinski definition) is 0. The topological polar surface area (TPSA) is 3.24 Å². The van der Waals surface area contributed by atoms with E-state index in [9.17, 15) is 0 Å². The Labute approximate surface area is 360 Å². The second-order valence-corrected chi connectivity index (χ2v) is 17.6. The zero-order valence-corrected chi connectivity index (χ0v) is 35.2. The van der Waals surface area contributed by atoms with Crippen molar-refractivity contribution in [2.24, 2.45) is 0 Å². The fraction of sp³-hybridized carbons (Fsp3) is 0.100. The maximum atomic E-state index is 2.55. The van der Waals surface area contributed by atoms with Crippen LogP contribution in [0.1, 0.15) is 49.9 Å². The average molecular weight is 782 g/mol. The molecule has 1 heteroatoms. The minimum atomic E-state index is -0.231. The van der Waals surface area contributed by atoms with Gasteiger partial charge in [0.25, 0.3) is 0 Å². The third kappa shape index (κ3) is 5.76. The van der Waals surface area contributed by atoms with Crippen molar-refractivity contribution in [2.45, 2.75) is 38.5 Å². The van der Waals surface area contributed by atoms with Gasteiger partial charge in [-0.15, -0.1) is 0 Å². The molecule has 0 unspecified atom stereocenters. The van der Waals surface area contributed by atoms with Gasteiger partial charge in [-0.2, -0.15) is 0 Å². The summed E-state index contributed by atoms with van der Waals surface area (Å²) in [5, 5.41) is 0. The van der Waals surface area contributed by atoms with E-state index in [0.29, 0.717) is 0 Å². The Morgan fingerprint density at radius 3 is 1.31 bits per heavy atom. The highest BCUT2D eigenvalue weighted by Gasteiger charge is 2.40. The molecule has 0 saturated heterocycles. The van der Waals surface area contributed by atoms with Crippen molar-refractivity contribution in [2.75, 3.05) is 4.90 Å². The summed E-state index contributed by atoms with van der Waals surface area (Å²) in [5.74, 6) is 0. The van der Waals surface area contributed by atoms with E-state index in [0.717, 1.165) is 11.4 Å². The van der Waals surface area contributed by atoms with Crippen molar-refractivity contribution in [3.8, 4) is 66.8 Å². The van der Waals surface area contributed by atoms with Gasteiger partial charge in [-0.3, -0.25) is 0 Å². The molecule has 61 heavy (non-hydrogen) atoms. The summed E-state index contributed by atoms with van der Waals surface area (Å²) in [5.41, 5.74) is 23.6. The Hall–Kier alpha value is -7.22. The molecule has 9 aromatic rings. The van der Waals surface area contributed by atoms with Crippen LogP contribution in [0.25, 0.3) is 66.8 Å². The zero-order chi connectivity index (χ0) is 41.3. The SMILES string of the molecule is CC1(C)c2ccccc2-c2cccc(-c3ccc(N(c4cccc(-c5ccccc5)c4-c4ccccc4-c4ccccc4)c4cccc5c4C(C)(C)c4ccccc4-5)cc3)c21. The van der Waals surface area contributed by atoms with Gasteiger partial charge in [0.05, 0.1) is 11.4 Å². The van der Waals surface area contributed by atoms with Crippen LogP contribution in [-0.2, 0) is 10.8 Å². The van der Waals surface area contributed by atoms with Gasteiger partial charge >= 0.3 is 0 Å². The summed E-state index contributed by atoms with van der Waals surface area (Å²) >= 11 is 0. The summed E-state index contributed by atoms with van der Waals surface area (Å²) in [6.07, 6.45) is 0. The van der Waals surface area contributed by atoms with Gasteiger partial charge in [0.2, 0.25) is 0 Å². The molecule has 2 aliphatic carbocycles. The largest absolute Gasteiger partial charge is 0.310 e. The first-order chi connectivity index (χ1) is 29.8. The maximum Gasteiger partial charge on any atom is 0.0546 e. The molecule has 0 saturated carbocycles. The van der Waals surface area contributed by atoms with Crippen LogP contribution in [0.5, 0.6) is 0 Å². The van der Waals surface area contributed by atoms with E-state index in [2.05, 4.69) is 245 Å². The molecule has 0 heterocycles. The Balaban J connectivity index is 1.17. The predicted molar refractivity (Wildman–Crippen MR) is 258 cm³/mol. The summed E-state index contributed by atoms with van der Waals surface area (Å²) < 4.78 is 0. The molecule has 292 valence electrons. The molecule has 0 N–H and O–H groups in total. The van der Waals surface area contributed by atoms with Crippen LogP contribution >= 0.6 is 0 Å².